The van der Waals surface area contributed by atoms with E-state index in [4.69, 9.17) is 32.7 Å². The van der Waals surface area contributed by atoms with E-state index in [0.717, 1.165) is 0 Å². The van der Waals surface area contributed by atoms with Gasteiger partial charge in [-0.25, -0.2) is 5.43 Å². The standard InChI is InChI=1S/C22H22Cl2N4O5/c1-3-9-25-21(30)22(31)28-26-12-14-5-8-18(19(10-14)32-4-2)33-13-20(29)27-15-6-7-16(23)17(24)11-15/h3,5-8,10-12H,1,4,9,13H2,2H3,(H,25,30)(H,27,29)(H,28,31)/b26-12-. The molecule has 2 aromatic carbocycles. The highest BCUT2D eigenvalue weighted by Gasteiger charge is 2.12. The van der Waals surface area contributed by atoms with Crippen LogP contribution < -0.4 is 25.5 Å². The molecule has 0 saturated heterocycles. The molecule has 2 rings (SSSR count). The summed E-state index contributed by atoms with van der Waals surface area (Å²) >= 11 is 11.8. The lowest BCUT2D eigenvalue weighted by molar-refractivity contribution is -0.139. The number of nitrogens with zero attached hydrogens (tertiary/aromatic N) is 1. The third-order valence-electron chi connectivity index (χ3n) is 3.82. The van der Waals surface area contributed by atoms with Crippen molar-refractivity contribution in [3.05, 3.63) is 64.7 Å². The highest BCUT2D eigenvalue weighted by atomic mass is 35.5. The SMILES string of the molecule is C=CCNC(=O)C(=O)N/N=C\c1ccc(OCC(=O)Nc2ccc(Cl)c(Cl)c2)c(OCC)c1. The first kappa shape index (κ1) is 25.7. The summed E-state index contributed by atoms with van der Waals surface area (Å²) in [5.74, 6) is -1.43. The van der Waals surface area contributed by atoms with Crippen molar-refractivity contribution in [1.82, 2.24) is 10.7 Å². The van der Waals surface area contributed by atoms with Gasteiger partial charge < -0.3 is 20.1 Å². The van der Waals surface area contributed by atoms with Crippen molar-refractivity contribution in [2.24, 2.45) is 5.10 Å². The average Bonchev–Trinajstić information content (AvgIpc) is 2.79. The highest BCUT2D eigenvalue weighted by molar-refractivity contribution is 6.42. The Morgan fingerprint density at radius 1 is 1.03 bits per heavy atom. The summed E-state index contributed by atoms with van der Waals surface area (Å²) in [6.45, 7) is 5.48. The molecule has 11 heteroatoms. The van der Waals surface area contributed by atoms with Crippen LogP contribution in [-0.2, 0) is 14.4 Å². The lowest BCUT2D eigenvalue weighted by Crippen LogP contribution is -2.37. The van der Waals surface area contributed by atoms with Gasteiger partial charge in [0.05, 0.1) is 22.9 Å². The van der Waals surface area contributed by atoms with Crippen LogP contribution in [0, 0.1) is 0 Å². The molecule has 0 aliphatic rings. The smallest absolute Gasteiger partial charge is 0.329 e. The van der Waals surface area contributed by atoms with Crippen molar-refractivity contribution < 1.29 is 23.9 Å². The fourth-order valence-corrected chi connectivity index (χ4v) is 2.67. The second-order valence-electron chi connectivity index (χ2n) is 6.30. The quantitative estimate of drug-likeness (QED) is 0.203. The summed E-state index contributed by atoms with van der Waals surface area (Å²) in [6.07, 6.45) is 2.78. The van der Waals surface area contributed by atoms with Gasteiger partial charge in [-0.1, -0.05) is 29.3 Å². The van der Waals surface area contributed by atoms with Gasteiger partial charge in [0.2, 0.25) is 0 Å². The molecule has 3 N–H and O–H groups in total. The molecule has 0 aliphatic carbocycles. The van der Waals surface area contributed by atoms with Crippen molar-refractivity contribution in [1.29, 1.82) is 0 Å². The largest absolute Gasteiger partial charge is 0.490 e. The van der Waals surface area contributed by atoms with Crippen LogP contribution in [-0.4, -0.2) is 43.7 Å². The van der Waals surface area contributed by atoms with Crippen LogP contribution in [0.1, 0.15) is 12.5 Å². The predicted octanol–water partition coefficient (Wildman–Crippen LogP) is 3.16. The fourth-order valence-electron chi connectivity index (χ4n) is 2.37. The molecule has 0 aromatic heterocycles. The minimum absolute atomic E-state index is 0.167. The molecule has 0 unspecified atom stereocenters. The van der Waals surface area contributed by atoms with E-state index in [0.29, 0.717) is 39.4 Å². The molecule has 0 atom stereocenters. The summed E-state index contributed by atoms with van der Waals surface area (Å²) in [6, 6.07) is 9.57. The maximum absolute atomic E-state index is 12.2. The van der Waals surface area contributed by atoms with E-state index >= 15 is 0 Å². The Morgan fingerprint density at radius 2 is 1.82 bits per heavy atom. The molecule has 9 nitrogen and oxygen atoms in total. The monoisotopic (exact) mass is 492 g/mol. The molecule has 2 aromatic rings. The number of carbonyl (C=O) groups excluding carboxylic acids is 3. The molecule has 0 fully saturated rings. The fraction of sp³-hybridized carbons (Fsp3) is 0.182. The van der Waals surface area contributed by atoms with Crippen LogP contribution in [0.15, 0.2) is 54.2 Å². The first-order valence-corrected chi connectivity index (χ1v) is 10.5. The van der Waals surface area contributed by atoms with Crippen LogP contribution in [0.2, 0.25) is 10.0 Å². The number of benzene rings is 2. The summed E-state index contributed by atoms with van der Waals surface area (Å²) < 4.78 is 11.1. The topological polar surface area (TPSA) is 118 Å². The minimum Gasteiger partial charge on any atom is -0.490 e. The molecular weight excluding hydrogens is 471 g/mol. The molecule has 33 heavy (non-hydrogen) atoms. The van der Waals surface area contributed by atoms with E-state index < -0.39 is 17.7 Å². The number of hydrogen-bond donors (Lipinski definition) is 3. The zero-order valence-corrected chi connectivity index (χ0v) is 19.2. The molecular formula is C22H22Cl2N4O5. The molecule has 174 valence electrons. The number of halogens is 2. The molecule has 0 aliphatic heterocycles. The van der Waals surface area contributed by atoms with Crippen molar-refractivity contribution >= 4 is 52.8 Å². The van der Waals surface area contributed by atoms with E-state index in [-0.39, 0.29) is 13.2 Å². The lowest BCUT2D eigenvalue weighted by atomic mass is 10.2. The number of carbonyl (C=O) groups is 3. The maximum atomic E-state index is 12.2. The van der Waals surface area contributed by atoms with Gasteiger partial charge in [0.25, 0.3) is 5.91 Å². The zero-order valence-electron chi connectivity index (χ0n) is 17.7. The van der Waals surface area contributed by atoms with Crippen LogP contribution in [0.4, 0.5) is 5.69 Å². The van der Waals surface area contributed by atoms with E-state index in [2.05, 4.69) is 27.7 Å². The van der Waals surface area contributed by atoms with E-state index in [1.54, 1.807) is 37.3 Å². The maximum Gasteiger partial charge on any atom is 0.329 e. The van der Waals surface area contributed by atoms with Gasteiger partial charge in [0, 0.05) is 12.2 Å². The van der Waals surface area contributed by atoms with Gasteiger partial charge in [-0.15, -0.1) is 6.58 Å². The van der Waals surface area contributed by atoms with Crippen LogP contribution in [0.5, 0.6) is 11.5 Å². The average molecular weight is 493 g/mol. The van der Waals surface area contributed by atoms with Crippen LogP contribution in [0.25, 0.3) is 0 Å². The molecule has 0 radical (unpaired) electrons. The molecule has 0 saturated carbocycles. The molecule has 0 spiro atoms. The second kappa shape index (κ2) is 13.1. The van der Waals surface area contributed by atoms with Crippen LogP contribution in [0.3, 0.4) is 0 Å². The minimum atomic E-state index is -0.911. The number of nitrogens with one attached hydrogen (secondary N) is 3. The molecule has 3 amide bonds. The predicted molar refractivity (Wildman–Crippen MR) is 127 cm³/mol. The van der Waals surface area contributed by atoms with Crippen LogP contribution >= 0.6 is 23.2 Å². The first-order valence-electron chi connectivity index (χ1n) is 9.70. The third-order valence-corrected chi connectivity index (χ3v) is 4.56. The Hall–Kier alpha value is -3.56. The number of hydrazone groups is 1. The number of amides is 3. The van der Waals surface area contributed by atoms with E-state index in [1.165, 1.54) is 18.4 Å². The highest BCUT2D eigenvalue weighted by Crippen LogP contribution is 2.28. The Morgan fingerprint density at radius 3 is 2.52 bits per heavy atom. The van der Waals surface area contributed by atoms with Crippen molar-refractivity contribution in [2.45, 2.75) is 6.92 Å². The Labute approximate surface area is 200 Å². The third kappa shape index (κ3) is 8.47. The van der Waals surface area contributed by atoms with Gasteiger partial charge in [-0.3, -0.25) is 14.4 Å². The van der Waals surface area contributed by atoms with Crippen molar-refractivity contribution in [3.63, 3.8) is 0 Å². The normalized spacial score (nSPS) is 10.4. The summed E-state index contributed by atoms with van der Waals surface area (Å²) in [5.41, 5.74) is 3.17. The summed E-state index contributed by atoms with van der Waals surface area (Å²) in [7, 11) is 0. The van der Waals surface area contributed by atoms with Gasteiger partial charge in [-0.2, -0.15) is 5.10 Å². The van der Waals surface area contributed by atoms with Crippen molar-refractivity contribution in [2.75, 3.05) is 25.1 Å². The number of anilines is 1. The number of rotatable bonds is 10. The van der Waals surface area contributed by atoms with Gasteiger partial charge >= 0.3 is 11.8 Å². The molecule has 0 bridgehead atoms. The van der Waals surface area contributed by atoms with E-state index in [9.17, 15) is 14.4 Å². The first-order chi connectivity index (χ1) is 15.8. The lowest BCUT2D eigenvalue weighted by Gasteiger charge is -2.13. The van der Waals surface area contributed by atoms with Gasteiger partial charge in [-0.05, 0) is 48.9 Å². The number of hydrogen-bond acceptors (Lipinski definition) is 6. The second-order valence-corrected chi connectivity index (χ2v) is 7.12. The molecule has 0 heterocycles. The van der Waals surface area contributed by atoms with Gasteiger partial charge in [0.1, 0.15) is 0 Å². The van der Waals surface area contributed by atoms with Gasteiger partial charge in [0.15, 0.2) is 18.1 Å². The Bertz CT molecular complexity index is 1060. The Balaban J connectivity index is 1.97. The van der Waals surface area contributed by atoms with E-state index in [1.807, 2.05) is 0 Å². The number of ether oxygens (including phenoxy) is 2. The van der Waals surface area contributed by atoms with Crippen molar-refractivity contribution in [3.8, 4) is 11.5 Å². The zero-order chi connectivity index (χ0) is 24.2. The summed E-state index contributed by atoms with van der Waals surface area (Å²) in [5, 5.41) is 9.43. The Kier molecular flexibility index (Phi) is 10.2. The summed E-state index contributed by atoms with van der Waals surface area (Å²) in [4.78, 5) is 35.3.